The zero-order valence-electron chi connectivity index (χ0n) is 49.3. The molecule has 11 atom stereocenters. The van der Waals surface area contributed by atoms with Gasteiger partial charge in [0.05, 0.1) is 12.1 Å². The minimum absolute atomic E-state index is 0.118. The molecule has 1 saturated carbocycles. The maximum absolute atomic E-state index is 3.29. The quantitative estimate of drug-likeness (QED) is 0.193. The fraction of sp³-hybridized carbons (Fsp3) is 0.553. The van der Waals surface area contributed by atoms with E-state index in [-0.39, 0.29) is 5.41 Å². The van der Waals surface area contributed by atoms with E-state index in [1.165, 1.54) is 165 Å². The second kappa shape index (κ2) is 20.4. The molecular weight excluding hydrogens is 966 g/mol. The van der Waals surface area contributed by atoms with Gasteiger partial charge in [0.25, 0.3) is 0 Å². The Kier molecular flexibility index (Phi) is 13.0. The van der Waals surface area contributed by atoms with E-state index >= 15 is 0 Å². The molecule has 1 aromatic carbocycles. The van der Waals surface area contributed by atoms with Crippen molar-refractivity contribution in [1.29, 1.82) is 0 Å². The Bertz CT molecular complexity index is 3240. The van der Waals surface area contributed by atoms with Crippen LogP contribution in [-0.4, -0.2) is 34.3 Å². The maximum Gasteiger partial charge on any atom is 0.221 e. The average molecular weight is 1060 g/mol. The summed E-state index contributed by atoms with van der Waals surface area (Å²) in [5, 5.41) is 0. The van der Waals surface area contributed by atoms with Crippen molar-refractivity contribution in [2.75, 3.05) is 4.90 Å². The normalized spacial score (nSPS) is 34.2. The van der Waals surface area contributed by atoms with Crippen molar-refractivity contribution in [2.45, 2.75) is 224 Å². The van der Waals surface area contributed by atoms with E-state index < -0.39 is 0 Å². The molecule has 0 N–H and O–H groups in total. The van der Waals surface area contributed by atoms with Crippen molar-refractivity contribution in [2.24, 2.45) is 40.9 Å². The molecule has 1 fully saturated rings. The highest BCUT2D eigenvalue weighted by Crippen LogP contribution is 2.62. The Hall–Kier alpha value is -4.96. The van der Waals surface area contributed by atoms with Gasteiger partial charge in [-0.3, -0.25) is 0 Å². The minimum Gasteiger partial charge on any atom is -0.362 e. The van der Waals surface area contributed by atoms with Crippen LogP contribution in [0, 0.1) is 40.9 Å². The standard InChI is InChI=1S/C76H92BN3/c1-76(2,3)55-46-71-73-72(47-55)80(75-59(52-28-14-7-15-29-52)34-21-35-63(75)60-41-38-54-44-64(54)60)70-48-56(78-67-36-18-16-30-61(67)62-31-17-19-37-68(62)78)40-42-65(70)77(73)66-45-53(49-22-8-4-9-23-49)39-43-69(66)79(71)74-57(50-24-10-5-11-25-50)32-20-33-58(74)51-26-12-6-13-27-51/h4-5,8-10,18,22,26,28,32,35-36,38-39,43,45,47-50,55,58-60,64,71,73-75H,6-7,11-17,19-21,23-25,27,29-31,33-34,37,40-42,44,46H2,1-3H3/t49?,50?,55?,58?,59?,60?,64?,71?,73?,74?,75-/m0/s1. The maximum atomic E-state index is 3.29. The van der Waals surface area contributed by atoms with Crippen molar-refractivity contribution >= 4 is 29.6 Å². The van der Waals surface area contributed by atoms with Gasteiger partial charge in [0.2, 0.25) is 6.71 Å². The van der Waals surface area contributed by atoms with Crippen LogP contribution in [0.2, 0.25) is 5.82 Å². The molecule has 0 bridgehead atoms. The number of anilines is 1. The number of hydrogen-bond acceptors (Lipinski definition) is 2. The first-order valence-corrected chi connectivity index (χ1v) is 33.6. The number of aromatic nitrogens is 1. The van der Waals surface area contributed by atoms with Crippen molar-refractivity contribution in [3.63, 3.8) is 0 Å². The van der Waals surface area contributed by atoms with E-state index in [9.17, 15) is 0 Å². The van der Waals surface area contributed by atoms with E-state index in [0.717, 1.165) is 25.2 Å². The van der Waals surface area contributed by atoms with E-state index in [0.29, 0.717) is 66.2 Å². The molecule has 10 unspecified atom stereocenters. The van der Waals surface area contributed by atoms with Crippen LogP contribution in [0.15, 0.2) is 148 Å². The lowest BCUT2D eigenvalue weighted by Gasteiger charge is -2.62. The smallest absolute Gasteiger partial charge is 0.221 e. The summed E-state index contributed by atoms with van der Waals surface area (Å²) in [6.07, 6.45) is 73.6. The number of benzene rings is 1. The summed E-state index contributed by atoms with van der Waals surface area (Å²) in [6.45, 7) is 8.20. The molecule has 2 aromatic rings. The van der Waals surface area contributed by atoms with Crippen molar-refractivity contribution in [3.8, 4) is 0 Å². The molecule has 2 aliphatic heterocycles. The molecular formula is C76H92BN3. The second-order valence-corrected chi connectivity index (χ2v) is 29.1. The van der Waals surface area contributed by atoms with E-state index in [1.54, 1.807) is 56.1 Å². The molecule has 3 nitrogen and oxygen atoms in total. The third-order valence-corrected chi connectivity index (χ3v) is 23.9. The Morgan fingerprint density at radius 3 is 2.16 bits per heavy atom. The predicted octanol–water partition coefficient (Wildman–Crippen LogP) is 18.3. The van der Waals surface area contributed by atoms with Gasteiger partial charge < -0.3 is 14.4 Å². The third kappa shape index (κ3) is 8.43. The molecule has 4 heteroatoms. The number of fused-ring (bicyclic) bond motifs is 7. The molecule has 0 amide bonds. The molecule has 0 saturated heterocycles. The molecule has 1 aromatic heterocycles. The van der Waals surface area contributed by atoms with Crippen LogP contribution in [0.1, 0.15) is 209 Å². The first-order chi connectivity index (χ1) is 39.4. The molecule has 0 spiro atoms. The van der Waals surface area contributed by atoms with Crippen LogP contribution in [0.25, 0.3) is 11.8 Å². The Labute approximate surface area is 482 Å². The molecule has 3 heterocycles. The number of allylic oxidation sites excluding steroid dienone is 17. The van der Waals surface area contributed by atoms with Gasteiger partial charge in [-0.15, -0.1) is 0 Å². The van der Waals surface area contributed by atoms with Gasteiger partial charge in [-0.05, 0) is 249 Å². The van der Waals surface area contributed by atoms with Gasteiger partial charge >= 0.3 is 0 Å². The third-order valence-electron chi connectivity index (χ3n) is 23.9. The molecule has 16 rings (SSSR count). The Morgan fingerprint density at radius 2 is 1.43 bits per heavy atom. The fourth-order valence-corrected chi connectivity index (χ4v) is 20.0. The second-order valence-electron chi connectivity index (χ2n) is 29.1. The van der Waals surface area contributed by atoms with E-state index in [4.69, 9.17) is 0 Å². The highest BCUT2D eigenvalue weighted by Gasteiger charge is 2.60. The molecule has 14 aliphatic rings. The topological polar surface area (TPSA) is 11.4 Å². The van der Waals surface area contributed by atoms with E-state index in [2.05, 4.69) is 144 Å². The van der Waals surface area contributed by atoms with Crippen LogP contribution >= 0.6 is 0 Å². The summed E-state index contributed by atoms with van der Waals surface area (Å²) in [4.78, 5) is 6.57. The van der Waals surface area contributed by atoms with Crippen molar-refractivity contribution in [3.05, 3.63) is 176 Å². The number of rotatable bonds is 8. The van der Waals surface area contributed by atoms with Gasteiger partial charge in [-0.2, -0.15) is 0 Å². The SMILES string of the molecule is CC(C)(C)C1C=C2C3B(C4=C(C=C(n5c6c(c7c5CCCC7)CCC=C6)CC4)N2[C@@H]2C(C4CC=C5CC54)=CCCC2C2=CCCCC2)c2cc(C4C=CC=CC4)ccc2N(C2C(C4CC=CCC4)=CCCC2C2=CCCCC2)C3C1. The lowest BCUT2D eigenvalue weighted by atomic mass is 9.26. The van der Waals surface area contributed by atoms with Crippen molar-refractivity contribution in [1.82, 2.24) is 9.47 Å². The van der Waals surface area contributed by atoms with Gasteiger partial charge in [-0.25, -0.2) is 0 Å². The first-order valence-electron chi connectivity index (χ1n) is 33.6. The summed E-state index contributed by atoms with van der Waals surface area (Å²) in [5.74, 6) is 4.42. The molecule has 12 aliphatic carbocycles. The van der Waals surface area contributed by atoms with Gasteiger partial charge in [0.1, 0.15) is 0 Å². The highest BCUT2D eigenvalue weighted by atomic mass is 15.3. The molecule has 414 valence electrons. The Balaban J connectivity index is 0.972. The number of hydrogen-bond donors (Lipinski definition) is 0. The van der Waals surface area contributed by atoms with Gasteiger partial charge in [-0.1, -0.05) is 140 Å². The predicted molar refractivity (Wildman–Crippen MR) is 337 cm³/mol. The van der Waals surface area contributed by atoms with E-state index in [1.807, 2.05) is 22.3 Å². The molecule has 0 radical (unpaired) electrons. The number of nitrogens with zero attached hydrogens (tertiary/aromatic N) is 3. The first kappa shape index (κ1) is 50.7. The monoisotopic (exact) mass is 1060 g/mol. The lowest BCUT2D eigenvalue weighted by Crippen LogP contribution is -2.66. The zero-order valence-corrected chi connectivity index (χ0v) is 49.3. The van der Waals surface area contributed by atoms with Crippen molar-refractivity contribution < 1.29 is 0 Å². The summed E-state index contributed by atoms with van der Waals surface area (Å²) < 4.78 is 2.90. The summed E-state index contributed by atoms with van der Waals surface area (Å²) in [7, 11) is 0. The molecule has 80 heavy (non-hydrogen) atoms. The van der Waals surface area contributed by atoms with Gasteiger partial charge in [0, 0.05) is 63.8 Å². The summed E-state index contributed by atoms with van der Waals surface area (Å²) in [5.41, 5.74) is 27.3. The van der Waals surface area contributed by atoms with Crippen LogP contribution in [0.3, 0.4) is 0 Å². The largest absolute Gasteiger partial charge is 0.362 e. The average Bonchev–Trinajstić information content (AvgIpc) is 4.18. The lowest BCUT2D eigenvalue weighted by molar-refractivity contribution is 0.190. The van der Waals surface area contributed by atoms with Crippen LogP contribution in [-0.2, 0) is 19.3 Å². The fourth-order valence-electron chi connectivity index (χ4n) is 20.0. The minimum atomic E-state index is 0.118. The zero-order chi connectivity index (χ0) is 53.2. The summed E-state index contributed by atoms with van der Waals surface area (Å²) in [6, 6.07) is 9.36. The highest BCUT2D eigenvalue weighted by molar-refractivity contribution is 6.84. The Morgan fingerprint density at radius 1 is 0.613 bits per heavy atom. The van der Waals surface area contributed by atoms with Crippen LogP contribution in [0.5, 0.6) is 0 Å². The van der Waals surface area contributed by atoms with Gasteiger partial charge in [0.15, 0.2) is 0 Å². The summed E-state index contributed by atoms with van der Waals surface area (Å²) >= 11 is 0. The van der Waals surface area contributed by atoms with Crippen LogP contribution in [0.4, 0.5) is 5.69 Å². The van der Waals surface area contributed by atoms with Crippen LogP contribution < -0.4 is 10.4 Å².